The van der Waals surface area contributed by atoms with Gasteiger partial charge in [0.15, 0.2) is 0 Å². The maximum atomic E-state index is 11.1. The van der Waals surface area contributed by atoms with Crippen molar-refractivity contribution in [2.45, 2.75) is 45.1 Å². The van der Waals surface area contributed by atoms with Crippen molar-refractivity contribution in [2.24, 2.45) is 5.92 Å². The van der Waals surface area contributed by atoms with Gasteiger partial charge in [-0.2, -0.15) is 0 Å². The summed E-state index contributed by atoms with van der Waals surface area (Å²) in [5.41, 5.74) is 0. The fourth-order valence-electron chi connectivity index (χ4n) is 1.29. The lowest BCUT2D eigenvalue weighted by Crippen LogP contribution is -2.32. The molecule has 0 bridgehead atoms. The summed E-state index contributed by atoms with van der Waals surface area (Å²) in [7, 11) is 0. The number of amides is 1. The minimum Gasteiger partial charge on any atom is -0.391 e. The lowest BCUT2D eigenvalue weighted by atomic mass is 10.2. The molecule has 0 aromatic carbocycles. The number of hydrogen-bond acceptors (Lipinski definition) is 2. The number of rotatable bonds is 6. The van der Waals surface area contributed by atoms with E-state index in [1.54, 1.807) is 0 Å². The highest BCUT2D eigenvalue weighted by Gasteiger charge is 2.29. The molecule has 1 amide bonds. The Labute approximate surface area is 79.5 Å². The van der Waals surface area contributed by atoms with Crippen LogP contribution in [-0.4, -0.2) is 23.7 Å². The van der Waals surface area contributed by atoms with E-state index >= 15 is 0 Å². The highest BCUT2D eigenvalue weighted by molar-refractivity contribution is 5.75. The molecule has 13 heavy (non-hydrogen) atoms. The Morgan fingerprint density at radius 1 is 1.62 bits per heavy atom. The Morgan fingerprint density at radius 3 is 2.85 bits per heavy atom. The van der Waals surface area contributed by atoms with Crippen molar-refractivity contribution in [3.63, 3.8) is 0 Å². The molecular formula is C10H19NO2. The SMILES string of the molecule is CCCCC(=O)NCC(O)C1CC1. The van der Waals surface area contributed by atoms with Crippen LogP contribution in [-0.2, 0) is 4.79 Å². The van der Waals surface area contributed by atoms with Crippen molar-refractivity contribution in [3.05, 3.63) is 0 Å². The predicted molar refractivity (Wildman–Crippen MR) is 51.3 cm³/mol. The van der Waals surface area contributed by atoms with E-state index < -0.39 is 0 Å². The van der Waals surface area contributed by atoms with Crippen LogP contribution >= 0.6 is 0 Å². The molecule has 0 spiro atoms. The highest BCUT2D eigenvalue weighted by Crippen LogP contribution is 2.32. The average molecular weight is 185 g/mol. The van der Waals surface area contributed by atoms with Crippen LogP contribution in [0.5, 0.6) is 0 Å². The quantitative estimate of drug-likeness (QED) is 0.650. The van der Waals surface area contributed by atoms with Crippen molar-refractivity contribution < 1.29 is 9.90 Å². The van der Waals surface area contributed by atoms with Crippen molar-refractivity contribution in [1.82, 2.24) is 5.32 Å². The second-order valence-electron chi connectivity index (χ2n) is 3.81. The van der Waals surface area contributed by atoms with E-state index in [9.17, 15) is 9.90 Å². The molecule has 3 heteroatoms. The third kappa shape index (κ3) is 4.27. The number of carbonyl (C=O) groups excluding carboxylic acids is 1. The molecule has 1 saturated carbocycles. The maximum Gasteiger partial charge on any atom is 0.220 e. The van der Waals surface area contributed by atoms with Gasteiger partial charge in [0.05, 0.1) is 6.10 Å². The Balaban J connectivity index is 2.00. The average Bonchev–Trinajstić information content (AvgIpc) is 2.93. The Kier molecular flexibility index (Phi) is 4.22. The van der Waals surface area contributed by atoms with Crippen molar-refractivity contribution >= 4 is 5.91 Å². The van der Waals surface area contributed by atoms with E-state index in [2.05, 4.69) is 12.2 Å². The topological polar surface area (TPSA) is 49.3 Å². The first-order chi connectivity index (χ1) is 6.24. The number of carbonyl (C=O) groups is 1. The van der Waals surface area contributed by atoms with Crippen LogP contribution in [0.4, 0.5) is 0 Å². The van der Waals surface area contributed by atoms with Gasteiger partial charge in [0, 0.05) is 13.0 Å². The summed E-state index contributed by atoms with van der Waals surface area (Å²) in [6.07, 6.45) is 4.49. The first-order valence-corrected chi connectivity index (χ1v) is 5.18. The van der Waals surface area contributed by atoms with E-state index in [0.29, 0.717) is 18.9 Å². The second-order valence-corrected chi connectivity index (χ2v) is 3.81. The summed E-state index contributed by atoms with van der Waals surface area (Å²) in [6, 6.07) is 0. The molecule has 1 rings (SSSR count). The smallest absolute Gasteiger partial charge is 0.220 e. The maximum absolute atomic E-state index is 11.1. The summed E-state index contributed by atoms with van der Waals surface area (Å²) in [4.78, 5) is 11.1. The molecule has 1 fully saturated rings. The van der Waals surface area contributed by atoms with Gasteiger partial charge in [-0.3, -0.25) is 4.79 Å². The monoisotopic (exact) mass is 185 g/mol. The Morgan fingerprint density at radius 2 is 2.31 bits per heavy atom. The van der Waals surface area contributed by atoms with Gasteiger partial charge in [-0.1, -0.05) is 13.3 Å². The second kappa shape index (κ2) is 5.22. The van der Waals surface area contributed by atoms with Gasteiger partial charge < -0.3 is 10.4 Å². The third-order valence-corrected chi connectivity index (χ3v) is 2.43. The normalized spacial score (nSPS) is 18.3. The van der Waals surface area contributed by atoms with E-state index in [0.717, 1.165) is 25.7 Å². The fourth-order valence-corrected chi connectivity index (χ4v) is 1.29. The van der Waals surface area contributed by atoms with Gasteiger partial charge in [0.1, 0.15) is 0 Å². The zero-order valence-corrected chi connectivity index (χ0v) is 8.25. The molecule has 1 unspecified atom stereocenters. The molecule has 1 aliphatic carbocycles. The van der Waals surface area contributed by atoms with Crippen molar-refractivity contribution in [3.8, 4) is 0 Å². The number of aliphatic hydroxyl groups excluding tert-OH is 1. The van der Waals surface area contributed by atoms with E-state index in [-0.39, 0.29) is 12.0 Å². The van der Waals surface area contributed by atoms with Gasteiger partial charge in [-0.15, -0.1) is 0 Å². The van der Waals surface area contributed by atoms with Gasteiger partial charge in [0.2, 0.25) is 5.91 Å². The zero-order chi connectivity index (χ0) is 9.68. The standard InChI is InChI=1S/C10H19NO2/c1-2-3-4-10(13)11-7-9(12)8-5-6-8/h8-9,12H,2-7H2,1H3,(H,11,13). The van der Waals surface area contributed by atoms with Gasteiger partial charge in [0.25, 0.3) is 0 Å². The molecule has 1 atom stereocenters. The van der Waals surface area contributed by atoms with Crippen LogP contribution in [0.1, 0.15) is 39.0 Å². The minimum absolute atomic E-state index is 0.0709. The third-order valence-electron chi connectivity index (χ3n) is 2.43. The summed E-state index contributed by atoms with van der Waals surface area (Å²) in [6.45, 7) is 2.50. The molecule has 0 heterocycles. The molecule has 0 aromatic heterocycles. The van der Waals surface area contributed by atoms with Crippen LogP contribution in [0.2, 0.25) is 0 Å². The van der Waals surface area contributed by atoms with Crippen LogP contribution in [0, 0.1) is 5.92 Å². The molecule has 2 N–H and O–H groups in total. The zero-order valence-electron chi connectivity index (χ0n) is 8.25. The lowest BCUT2D eigenvalue weighted by molar-refractivity contribution is -0.121. The van der Waals surface area contributed by atoms with Crippen LogP contribution in [0.3, 0.4) is 0 Å². The Bertz CT molecular complexity index is 166. The predicted octanol–water partition coefficient (Wildman–Crippen LogP) is 1.06. The molecule has 76 valence electrons. The molecule has 3 nitrogen and oxygen atoms in total. The molecule has 0 saturated heterocycles. The molecular weight excluding hydrogens is 166 g/mol. The minimum atomic E-state index is -0.314. The largest absolute Gasteiger partial charge is 0.391 e. The number of unbranched alkanes of at least 4 members (excludes halogenated alkanes) is 1. The number of nitrogens with one attached hydrogen (secondary N) is 1. The molecule has 0 radical (unpaired) electrons. The van der Waals surface area contributed by atoms with Crippen LogP contribution < -0.4 is 5.32 Å². The molecule has 1 aliphatic rings. The number of hydrogen-bond donors (Lipinski definition) is 2. The molecule has 0 aromatic rings. The summed E-state index contributed by atoms with van der Waals surface area (Å²) in [5.74, 6) is 0.521. The first-order valence-electron chi connectivity index (χ1n) is 5.18. The van der Waals surface area contributed by atoms with E-state index in [4.69, 9.17) is 0 Å². The Hall–Kier alpha value is -0.570. The van der Waals surface area contributed by atoms with Crippen LogP contribution in [0.15, 0.2) is 0 Å². The summed E-state index contributed by atoms with van der Waals surface area (Å²) in [5, 5.41) is 12.2. The first kappa shape index (κ1) is 10.5. The van der Waals surface area contributed by atoms with Crippen molar-refractivity contribution in [1.29, 1.82) is 0 Å². The lowest BCUT2D eigenvalue weighted by Gasteiger charge is -2.10. The van der Waals surface area contributed by atoms with Gasteiger partial charge in [-0.25, -0.2) is 0 Å². The highest BCUT2D eigenvalue weighted by atomic mass is 16.3. The van der Waals surface area contributed by atoms with E-state index in [1.165, 1.54) is 0 Å². The molecule has 0 aliphatic heterocycles. The number of aliphatic hydroxyl groups is 1. The van der Waals surface area contributed by atoms with E-state index in [1.807, 2.05) is 0 Å². The fraction of sp³-hybridized carbons (Fsp3) is 0.900. The van der Waals surface area contributed by atoms with Gasteiger partial charge >= 0.3 is 0 Å². The van der Waals surface area contributed by atoms with Gasteiger partial charge in [-0.05, 0) is 25.2 Å². The van der Waals surface area contributed by atoms with Crippen molar-refractivity contribution in [2.75, 3.05) is 6.54 Å². The summed E-state index contributed by atoms with van der Waals surface area (Å²) >= 11 is 0. The van der Waals surface area contributed by atoms with Crippen LogP contribution in [0.25, 0.3) is 0 Å². The summed E-state index contributed by atoms with van der Waals surface area (Å²) < 4.78 is 0.